The predicted octanol–water partition coefficient (Wildman–Crippen LogP) is 4.94. The quantitative estimate of drug-likeness (QED) is 0.371. The molecule has 0 amide bonds. The first-order valence-corrected chi connectivity index (χ1v) is 8.98. The number of hydrogen-bond donors (Lipinski definition) is 0. The van der Waals surface area contributed by atoms with E-state index in [-0.39, 0.29) is 11.6 Å². The minimum absolute atomic E-state index is 0.111. The van der Waals surface area contributed by atoms with Gasteiger partial charge in [-0.05, 0) is 61.2 Å². The smallest absolute Gasteiger partial charge is 0.189 e. The van der Waals surface area contributed by atoms with Crippen LogP contribution in [0.3, 0.4) is 0 Å². The van der Waals surface area contributed by atoms with Crippen LogP contribution in [-0.2, 0) is 0 Å². The number of ketones is 1. The molecule has 25 heavy (non-hydrogen) atoms. The van der Waals surface area contributed by atoms with Crippen molar-refractivity contribution in [3.63, 3.8) is 0 Å². The third-order valence-electron chi connectivity index (χ3n) is 3.89. The maximum Gasteiger partial charge on any atom is 0.189 e. The van der Waals surface area contributed by atoms with Crippen LogP contribution >= 0.6 is 11.8 Å². The van der Waals surface area contributed by atoms with Crippen LogP contribution in [0.2, 0.25) is 0 Å². The Morgan fingerprint density at radius 2 is 1.80 bits per heavy atom. The molecule has 2 aromatic carbocycles. The molecule has 3 rings (SSSR count). The number of hydrogen-bond acceptors (Lipinski definition) is 3. The number of halogens is 1. The van der Waals surface area contributed by atoms with E-state index in [0.717, 1.165) is 16.9 Å². The van der Waals surface area contributed by atoms with Crippen molar-refractivity contribution in [3.8, 4) is 5.69 Å². The Morgan fingerprint density at radius 3 is 2.44 bits per heavy atom. The van der Waals surface area contributed by atoms with E-state index < -0.39 is 0 Å². The average molecular weight is 352 g/mol. The largest absolute Gasteiger partial charge is 0.289 e. The summed E-state index contributed by atoms with van der Waals surface area (Å²) in [6, 6.07) is 14.0. The molecule has 0 fully saturated rings. The molecule has 0 N–H and O–H groups in total. The van der Waals surface area contributed by atoms with Gasteiger partial charge in [-0.2, -0.15) is 5.10 Å². The fourth-order valence-corrected chi connectivity index (χ4v) is 2.88. The molecule has 3 nitrogen and oxygen atoms in total. The van der Waals surface area contributed by atoms with Gasteiger partial charge in [0.05, 0.1) is 23.1 Å². The zero-order valence-corrected chi connectivity index (χ0v) is 14.8. The number of rotatable bonds is 5. The Morgan fingerprint density at radius 1 is 1.12 bits per heavy atom. The number of benzene rings is 2. The van der Waals surface area contributed by atoms with Crippen molar-refractivity contribution in [1.82, 2.24) is 9.78 Å². The SMILES string of the molecule is CSc1ccc(/C=C/C(=O)c2cnn(-c3ccc(F)cc3)c2C)cc1. The van der Waals surface area contributed by atoms with E-state index in [9.17, 15) is 9.18 Å². The zero-order chi connectivity index (χ0) is 17.8. The Bertz CT molecular complexity index is 912. The van der Waals surface area contributed by atoms with Crippen molar-refractivity contribution >= 4 is 23.6 Å². The third kappa shape index (κ3) is 3.88. The summed E-state index contributed by atoms with van der Waals surface area (Å²) in [6.45, 7) is 1.82. The molecule has 0 bridgehead atoms. The molecule has 0 aliphatic heterocycles. The van der Waals surface area contributed by atoms with Crippen molar-refractivity contribution in [1.29, 1.82) is 0 Å². The fraction of sp³-hybridized carbons (Fsp3) is 0.100. The molecule has 0 atom stereocenters. The summed E-state index contributed by atoms with van der Waals surface area (Å²) in [6.07, 6.45) is 6.91. The monoisotopic (exact) mass is 352 g/mol. The molecule has 1 aromatic heterocycles. The summed E-state index contributed by atoms with van der Waals surface area (Å²) in [5.41, 5.74) is 2.93. The van der Waals surface area contributed by atoms with Crippen LogP contribution in [0.5, 0.6) is 0 Å². The van der Waals surface area contributed by atoms with E-state index in [4.69, 9.17) is 0 Å². The number of carbonyl (C=O) groups excluding carboxylic acids is 1. The van der Waals surface area contributed by atoms with Gasteiger partial charge in [0.15, 0.2) is 5.78 Å². The minimum Gasteiger partial charge on any atom is -0.289 e. The van der Waals surface area contributed by atoms with Crippen LogP contribution < -0.4 is 0 Å². The molecule has 0 radical (unpaired) electrons. The van der Waals surface area contributed by atoms with E-state index in [1.54, 1.807) is 46.9 Å². The van der Waals surface area contributed by atoms with Gasteiger partial charge in [0.2, 0.25) is 0 Å². The lowest BCUT2D eigenvalue weighted by molar-refractivity contribution is 0.104. The molecule has 0 unspecified atom stereocenters. The highest BCUT2D eigenvalue weighted by atomic mass is 32.2. The zero-order valence-electron chi connectivity index (χ0n) is 13.9. The normalized spacial score (nSPS) is 11.2. The topological polar surface area (TPSA) is 34.9 Å². The van der Waals surface area contributed by atoms with Gasteiger partial charge < -0.3 is 0 Å². The van der Waals surface area contributed by atoms with E-state index in [2.05, 4.69) is 5.10 Å². The standard InChI is InChI=1S/C20H17FN2OS/c1-14-19(13-22-23(14)17-8-6-16(21)7-9-17)20(24)12-5-15-3-10-18(25-2)11-4-15/h3-13H,1-2H3/b12-5+. The summed E-state index contributed by atoms with van der Waals surface area (Å²) >= 11 is 1.68. The Labute approximate surface area is 150 Å². The lowest BCUT2D eigenvalue weighted by atomic mass is 10.1. The van der Waals surface area contributed by atoms with Gasteiger partial charge in [-0.15, -0.1) is 11.8 Å². The Balaban J connectivity index is 1.80. The van der Waals surface area contributed by atoms with Gasteiger partial charge in [0, 0.05) is 4.90 Å². The van der Waals surface area contributed by atoms with Crippen LogP contribution in [0.25, 0.3) is 11.8 Å². The Kier molecular flexibility index (Phi) is 5.14. The summed E-state index contributed by atoms with van der Waals surface area (Å²) in [7, 11) is 0. The molecule has 5 heteroatoms. The minimum atomic E-state index is -0.305. The third-order valence-corrected chi connectivity index (χ3v) is 4.63. The maximum absolute atomic E-state index is 13.1. The molecule has 0 aliphatic rings. The molecule has 3 aromatic rings. The molecule has 0 saturated heterocycles. The van der Waals surface area contributed by atoms with E-state index in [1.807, 2.05) is 37.4 Å². The summed E-state index contributed by atoms with van der Waals surface area (Å²) in [4.78, 5) is 13.6. The van der Waals surface area contributed by atoms with Crippen molar-refractivity contribution in [3.05, 3.63) is 83.4 Å². The lowest BCUT2D eigenvalue weighted by Crippen LogP contribution is -2.01. The van der Waals surface area contributed by atoms with Crippen LogP contribution in [0, 0.1) is 12.7 Å². The van der Waals surface area contributed by atoms with Crippen molar-refractivity contribution in [2.45, 2.75) is 11.8 Å². The van der Waals surface area contributed by atoms with E-state index in [0.29, 0.717) is 5.56 Å². The lowest BCUT2D eigenvalue weighted by Gasteiger charge is -2.04. The van der Waals surface area contributed by atoms with Crippen molar-refractivity contribution in [2.24, 2.45) is 0 Å². The number of thioether (sulfide) groups is 1. The first kappa shape index (κ1) is 17.2. The van der Waals surface area contributed by atoms with E-state index >= 15 is 0 Å². The first-order chi connectivity index (χ1) is 12.1. The molecular formula is C20H17FN2OS. The average Bonchev–Trinajstić information content (AvgIpc) is 3.02. The van der Waals surface area contributed by atoms with Gasteiger partial charge in [-0.25, -0.2) is 9.07 Å². The number of aromatic nitrogens is 2. The fourth-order valence-electron chi connectivity index (χ4n) is 2.47. The molecule has 1 heterocycles. The van der Waals surface area contributed by atoms with Crippen LogP contribution in [0.15, 0.2) is 65.7 Å². The van der Waals surface area contributed by atoms with Crippen LogP contribution in [0.1, 0.15) is 21.6 Å². The maximum atomic E-state index is 13.1. The number of carbonyl (C=O) groups is 1. The van der Waals surface area contributed by atoms with Crippen molar-refractivity contribution in [2.75, 3.05) is 6.26 Å². The second kappa shape index (κ2) is 7.49. The summed E-state index contributed by atoms with van der Waals surface area (Å²) in [5.74, 6) is -0.417. The summed E-state index contributed by atoms with van der Waals surface area (Å²) < 4.78 is 14.7. The molecular weight excluding hydrogens is 335 g/mol. The highest BCUT2D eigenvalue weighted by Crippen LogP contribution is 2.18. The Hall–Kier alpha value is -2.66. The van der Waals surface area contributed by atoms with Gasteiger partial charge in [-0.1, -0.05) is 18.2 Å². The summed E-state index contributed by atoms with van der Waals surface area (Å²) in [5, 5.41) is 4.25. The van der Waals surface area contributed by atoms with Crippen LogP contribution in [0.4, 0.5) is 4.39 Å². The molecule has 0 aliphatic carbocycles. The molecule has 0 saturated carbocycles. The highest BCUT2D eigenvalue weighted by Gasteiger charge is 2.13. The first-order valence-electron chi connectivity index (χ1n) is 7.75. The molecule has 0 spiro atoms. The van der Waals surface area contributed by atoms with Gasteiger partial charge >= 0.3 is 0 Å². The number of allylic oxidation sites excluding steroid dienone is 1. The predicted molar refractivity (Wildman–Crippen MR) is 99.8 cm³/mol. The number of nitrogens with zero attached hydrogens (tertiary/aromatic N) is 2. The van der Waals surface area contributed by atoms with Crippen molar-refractivity contribution < 1.29 is 9.18 Å². The second-order valence-electron chi connectivity index (χ2n) is 5.50. The van der Waals surface area contributed by atoms with E-state index in [1.165, 1.54) is 17.0 Å². The second-order valence-corrected chi connectivity index (χ2v) is 6.38. The van der Waals surface area contributed by atoms with Gasteiger partial charge in [-0.3, -0.25) is 4.79 Å². The van der Waals surface area contributed by atoms with Crippen LogP contribution in [-0.4, -0.2) is 21.8 Å². The van der Waals surface area contributed by atoms with Gasteiger partial charge in [0.1, 0.15) is 5.82 Å². The van der Waals surface area contributed by atoms with Gasteiger partial charge in [0.25, 0.3) is 0 Å². The highest BCUT2D eigenvalue weighted by molar-refractivity contribution is 7.98. The molecule has 126 valence electrons.